The molecule has 1 heterocycles. The molecule has 0 aromatic rings. The zero-order chi connectivity index (χ0) is 10.8. The van der Waals surface area contributed by atoms with Crippen molar-refractivity contribution in [3.05, 3.63) is 0 Å². The molecule has 88 valence electrons. The number of hydrogen-bond donors (Lipinski definition) is 1. The van der Waals surface area contributed by atoms with Crippen LogP contribution in [-0.4, -0.2) is 24.8 Å². The van der Waals surface area contributed by atoms with E-state index in [0.29, 0.717) is 18.2 Å². The predicted molar refractivity (Wildman–Crippen MR) is 62.9 cm³/mol. The molecule has 1 N–H and O–H groups in total. The van der Waals surface area contributed by atoms with Gasteiger partial charge in [-0.3, -0.25) is 0 Å². The molecule has 0 amide bonds. The summed E-state index contributed by atoms with van der Waals surface area (Å²) in [5.41, 5.74) is 0. The summed E-state index contributed by atoms with van der Waals surface area (Å²) in [6, 6.07) is 1.27. The van der Waals surface area contributed by atoms with Gasteiger partial charge in [-0.05, 0) is 44.4 Å². The van der Waals surface area contributed by atoms with Crippen molar-refractivity contribution in [3.63, 3.8) is 0 Å². The molecule has 2 heteroatoms. The van der Waals surface area contributed by atoms with E-state index in [1.54, 1.807) is 0 Å². The van der Waals surface area contributed by atoms with E-state index in [0.717, 1.165) is 18.4 Å². The molecule has 1 aliphatic heterocycles. The molecule has 3 atom stereocenters. The molecule has 0 bridgehead atoms. The molecule has 1 aliphatic carbocycles. The van der Waals surface area contributed by atoms with Crippen LogP contribution in [0, 0.1) is 11.8 Å². The molecule has 15 heavy (non-hydrogen) atoms. The normalized spacial score (nSPS) is 33.6. The van der Waals surface area contributed by atoms with Gasteiger partial charge in [0.1, 0.15) is 0 Å². The molecule has 2 aliphatic rings. The lowest BCUT2D eigenvalue weighted by molar-refractivity contribution is 0.0787. The Balaban J connectivity index is 1.77. The van der Waals surface area contributed by atoms with Crippen LogP contribution < -0.4 is 5.32 Å². The molecule has 0 radical (unpaired) electrons. The van der Waals surface area contributed by atoms with E-state index in [1.165, 1.54) is 25.7 Å². The molecule has 0 aromatic carbocycles. The van der Waals surface area contributed by atoms with Crippen LogP contribution in [0.2, 0.25) is 0 Å². The number of rotatable bonds is 5. The first-order valence-electron chi connectivity index (χ1n) is 6.54. The first-order chi connectivity index (χ1) is 7.16. The average molecular weight is 211 g/mol. The number of nitrogens with one attached hydrogen (secondary N) is 1. The maximum Gasteiger partial charge on any atom is 0.0757 e. The van der Waals surface area contributed by atoms with Crippen molar-refractivity contribution >= 4 is 0 Å². The minimum Gasteiger partial charge on any atom is -0.376 e. The van der Waals surface area contributed by atoms with Gasteiger partial charge in [-0.1, -0.05) is 13.8 Å². The molecule has 2 rings (SSSR count). The van der Waals surface area contributed by atoms with Gasteiger partial charge in [0.15, 0.2) is 0 Å². The second-order valence-electron chi connectivity index (χ2n) is 5.77. The smallest absolute Gasteiger partial charge is 0.0757 e. The van der Waals surface area contributed by atoms with Crippen molar-refractivity contribution in [1.29, 1.82) is 0 Å². The maximum atomic E-state index is 5.83. The Morgan fingerprint density at radius 1 is 1.20 bits per heavy atom. The lowest BCUT2D eigenvalue weighted by Crippen LogP contribution is -2.43. The minimum absolute atomic E-state index is 0.527. The Bertz CT molecular complexity index is 201. The van der Waals surface area contributed by atoms with Gasteiger partial charge in [-0.15, -0.1) is 0 Å². The van der Waals surface area contributed by atoms with Gasteiger partial charge in [0.05, 0.1) is 6.10 Å². The summed E-state index contributed by atoms with van der Waals surface area (Å²) in [7, 11) is 0. The molecule has 1 saturated heterocycles. The maximum absolute atomic E-state index is 5.83. The first kappa shape index (κ1) is 11.4. The Morgan fingerprint density at radius 3 is 2.53 bits per heavy atom. The van der Waals surface area contributed by atoms with E-state index in [2.05, 4.69) is 26.1 Å². The quantitative estimate of drug-likeness (QED) is 0.754. The Hall–Kier alpha value is -0.0800. The largest absolute Gasteiger partial charge is 0.376 e. The van der Waals surface area contributed by atoms with E-state index in [-0.39, 0.29) is 0 Å². The molecule has 2 nitrogen and oxygen atoms in total. The molecule has 0 spiro atoms. The van der Waals surface area contributed by atoms with Crippen LogP contribution in [0.15, 0.2) is 0 Å². The molecule has 1 saturated carbocycles. The van der Waals surface area contributed by atoms with E-state index in [4.69, 9.17) is 4.74 Å². The summed E-state index contributed by atoms with van der Waals surface area (Å²) in [5, 5.41) is 3.76. The summed E-state index contributed by atoms with van der Waals surface area (Å²) in [4.78, 5) is 0. The van der Waals surface area contributed by atoms with Crippen LogP contribution >= 0.6 is 0 Å². The van der Waals surface area contributed by atoms with Crippen molar-refractivity contribution in [2.24, 2.45) is 11.8 Å². The summed E-state index contributed by atoms with van der Waals surface area (Å²) in [6.07, 6.45) is 5.79. The van der Waals surface area contributed by atoms with Crippen LogP contribution in [0.25, 0.3) is 0 Å². The molecule has 3 unspecified atom stereocenters. The molecular formula is C13H25NO. The molecular weight excluding hydrogens is 186 g/mol. The van der Waals surface area contributed by atoms with Crippen LogP contribution in [0.4, 0.5) is 0 Å². The summed E-state index contributed by atoms with van der Waals surface area (Å²) in [6.45, 7) is 7.86. The Morgan fingerprint density at radius 2 is 1.93 bits per heavy atom. The van der Waals surface area contributed by atoms with Crippen molar-refractivity contribution < 1.29 is 4.74 Å². The van der Waals surface area contributed by atoms with Crippen molar-refractivity contribution in [3.8, 4) is 0 Å². The van der Waals surface area contributed by atoms with Gasteiger partial charge in [0.25, 0.3) is 0 Å². The summed E-state index contributed by atoms with van der Waals surface area (Å²) < 4.78 is 5.83. The third-order valence-corrected chi connectivity index (χ3v) is 3.55. The van der Waals surface area contributed by atoms with E-state index in [1.807, 2.05) is 0 Å². The van der Waals surface area contributed by atoms with Crippen LogP contribution in [0.3, 0.4) is 0 Å². The van der Waals surface area contributed by atoms with Crippen LogP contribution in [0.1, 0.15) is 46.5 Å². The van der Waals surface area contributed by atoms with E-state index >= 15 is 0 Å². The standard InChI is InChI=1S/C13H25NO/c1-9(2)8-10(3)14-12-6-7-15-13(12)11-4-5-11/h9-14H,4-8H2,1-3H3. The first-order valence-corrected chi connectivity index (χ1v) is 6.54. The zero-order valence-corrected chi connectivity index (χ0v) is 10.3. The fourth-order valence-electron chi connectivity index (χ4n) is 2.82. The van der Waals surface area contributed by atoms with Gasteiger partial charge in [-0.2, -0.15) is 0 Å². The molecule has 2 fully saturated rings. The highest BCUT2D eigenvalue weighted by Crippen LogP contribution is 2.38. The summed E-state index contributed by atoms with van der Waals surface area (Å²) in [5.74, 6) is 1.66. The molecule has 0 aromatic heterocycles. The van der Waals surface area contributed by atoms with Gasteiger partial charge in [0.2, 0.25) is 0 Å². The van der Waals surface area contributed by atoms with Gasteiger partial charge in [0, 0.05) is 18.7 Å². The Labute approximate surface area is 93.8 Å². The van der Waals surface area contributed by atoms with Gasteiger partial charge >= 0.3 is 0 Å². The van der Waals surface area contributed by atoms with E-state index in [9.17, 15) is 0 Å². The van der Waals surface area contributed by atoms with E-state index < -0.39 is 0 Å². The monoisotopic (exact) mass is 211 g/mol. The fourth-order valence-corrected chi connectivity index (χ4v) is 2.82. The number of ether oxygens (including phenoxy) is 1. The SMILES string of the molecule is CC(C)CC(C)NC1CCOC1C1CC1. The highest BCUT2D eigenvalue weighted by Gasteiger charge is 2.40. The highest BCUT2D eigenvalue weighted by molar-refractivity contribution is 4.94. The van der Waals surface area contributed by atoms with Crippen LogP contribution in [-0.2, 0) is 4.74 Å². The number of hydrogen-bond acceptors (Lipinski definition) is 2. The van der Waals surface area contributed by atoms with Crippen molar-refractivity contribution in [1.82, 2.24) is 5.32 Å². The van der Waals surface area contributed by atoms with Crippen molar-refractivity contribution in [2.45, 2.75) is 64.6 Å². The lowest BCUT2D eigenvalue weighted by atomic mass is 10.0. The minimum atomic E-state index is 0.527. The van der Waals surface area contributed by atoms with Crippen LogP contribution in [0.5, 0.6) is 0 Å². The lowest BCUT2D eigenvalue weighted by Gasteiger charge is -2.24. The van der Waals surface area contributed by atoms with Crippen molar-refractivity contribution in [2.75, 3.05) is 6.61 Å². The average Bonchev–Trinajstić information content (AvgIpc) is 2.87. The fraction of sp³-hybridized carbons (Fsp3) is 1.00. The van der Waals surface area contributed by atoms with Gasteiger partial charge in [-0.25, -0.2) is 0 Å². The third kappa shape index (κ3) is 3.18. The van der Waals surface area contributed by atoms with Gasteiger partial charge < -0.3 is 10.1 Å². The highest BCUT2D eigenvalue weighted by atomic mass is 16.5. The second-order valence-corrected chi connectivity index (χ2v) is 5.77. The summed E-state index contributed by atoms with van der Waals surface area (Å²) >= 11 is 0. The zero-order valence-electron chi connectivity index (χ0n) is 10.3. The Kier molecular flexibility index (Phi) is 3.68. The topological polar surface area (TPSA) is 21.3 Å². The predicted octanol–water partition coefficient (Wildman–Crippen LogP) is 2.58. The second kappa shape index (κ2) is 4.84. The third-order valence-electron chi connectivity index (χ3n) is 3.55.